The van der Waals surface area contributed by atoms with Crippen molar-refractivity contribution in [3.8, 4) is 5.75 Å². The molecule has 152 valence electrons. The van der Waals surface area contributed by atoms with Crippen molar-refractivity contribution < 1.29 is 28.6 Å². The summed E-state index contributed by atoms with van der Waals surface area (Å²) >= 11 is 0. The summed E-state index contributed by atoms with van der Waals surface area (Å²) in [6.45, 7) is 3.33. The minimum Gasteiger partial charge on any atom is -0.507 e. The molecule has 2 aliphatic rings. The summed E-state index contributed by atoms with van der Waals surface area (Å²) in [5.41, 5.74) is 0.451. The van der Waals surface area contributed by atoms with Crippen LogP contribution in [-0.4, -0.2) is 47.6 Å². The van der Waals surface area contributed by atoms with Crippen LogP contribution >= 0.6 is 0 Å². The second-order valence-corrected chi connectivity index (χ2v) is 7.06. The maximum Gasteiger partial charge on any atom is 0.295 e. The number of nitrogens with zero attached hydrogens (tertiary/aromatic N) is 1. The highest BCUT2D eigenvalue weighted by Gasteiger charge is 2.48. The molecule has 7 nitrogen and oxygen atoms in total. The van der Waals surface area contributed by atoms with Crippen LogP contribution in [0.2, 0.25) is 0 Å². The third-order valence-electron chi connectivity index (χ3n) is 5.22. The number of benzene rings is 1. The Bertz CT molecular complexity index is 909. The molecule has 0 spiro atoms. The number of ether oxygens (including phenoxy) is 2. The van der Waals surface area contributed by atoms with Gasteiger partial charge in [0.05, 0.1) is 24.5 Å². The highest BCUT2D eigenvalue weighted by Crippen LogP contribution is 2.40. The third-order valence-corrected chi connectivity index (χ3v) is 5.22. The third kappa shape index (κ3) is 3.65. The van der Waals surface area contributed by atoms with Gasteiger partial charge in [0, 0.05) is 18.7 Å². The topological polar surface area (TPSA) is 89.2 Å². The molecule has 2 fully saturated rings. The Labute approximate surface area is 168 Å². The molecule has 4 rings (SSSR count). The molecule has 0 bridgehead atoms. The number of Topliss-reactive ketones (excluding diaryl/α,β-unsaturated/α-hetero) is 1. The van der Waals surface area contributed by atoms with Crippen LogP contribution in [0.25, 0.3) is 5.76 Å². The van der Waals surface area contributed by atoms with Gasteiger partial charge in [-0.3, -0.25) is 9.59 Å². The summed E-state index contributed by atoms with van der Waals surface area (Å²) in [6.07, 6.45) is 3.10. The number of rotatable bonds is 6. The Morgan fingerprint density at radius 1 is 1.24 bits per heavy atom. The summed E-state index contributed by atoms with van der Waals surface area (Å²) < 4.78 is 16.6. The number of aliphatic hydroxyl groups excluding tert-OH is 1. The van der Waals surface area contributed by atoms with E-state index in [0.29, 0.717) is 30.3 Å². The number of furan rings is 1. The number of carbonyl (C=O) groups is 2. The predicted octanol–water partition coefficient (Wildman–Crippen LogP) is 3.28. The van der Waals surface area contributed by atoms with Gasteiger partial charge in [0.15, 0.2) is 0 Å². The number of hydrogen-bond acceptors (Lipinski definition) is 6. The maximum atomic E-state index is 12.9. The van der Waals surface area contributed by atoms with E-state index in [1.807, 2.05) is 6.92 Å². The van der Waals surface area contributed by atoms with Crippen LogP contribution in [0.5, 0.6) is 5.75 Å². The van der Waals surface area contributed by atoms with Crippen molar-refractivity contribution in [3.05, 3.63) is 59.6 Å². The van der Waals surface area contributed by atoms with Gasteiger partial charge >= 0.3 is 0 Å². The molecule has 2 saturated heterocycles. The fraction of sp³-hybridized carbons (Fsp3) is 0.364. The molecule has 1 aromatic heterocycles. The molecule has 0 unspecified atom stereocenters. The standard InChI is InChI=1S/C22H23NO6/c1-2-27-15-9-7-14(8-10-15)20(24)18-19(17-6-4-12-29-17)23(22(26)21(18)25)13-16-5-3-11-28-16/h4,6-10,12,16,19,24H,2-3,5,11,13H2,1H3/t16-,19-/m1/s1. The van der Waals surface area contributed by atoms with E-state index in [1.165, 1.54) is 11.2 Å². The number of likely N-dealkylation sites (tertiary alicyclic amines) is 1. The normalized spacial score (nSPS) is 23.7. The molecule has 1 aromatic carbocycles. The Balaban J connectivity index is 1.74. The second kappa shape index (κ2) is 8.13. The Kier molecular flexibility index (Phi) is 5.40. The van der Waals surface area contributed by atoms with E-state index >= 15 is 0 Å². The lowest BCUT2D eigenvalue weighted by molar-refractivity contribution is -0.141. The smallest absolute Gasteiger partial charge is 0.295 e. The number of amides is 1. The number of hydrogen-bond donors (Lipinski definition) is 1. The van der Waals surface area contributed by atoms with Gasteiger partial charge in [0.2, 0.25) is 0 Å². The van der Waals surface area contributed by atoms with Gasteiger partial charge in [0.25, 0.3) is 11.7 Å². The molecule has 2 aromatic rings. The van der Waals surface area contributed by atoms with Crippen molar-refractivity contribution in [2.24, 2.45) is 0 Å². The fourth-order valence-corrected chi connectivity index (χ4v) is 3.85. The largest absolute Gasteiger partial charge is 0.507 e. The molecule has 1 amide bonds. The van der Waals surface area contributed by atoms with Crippen molar-refractivity contribution >= 4 is 17.4 Å². The van der Waals surface area contributed by atoms with Crippen LogP contribution in [0.1, 0.15) is 37.1 Å². The van der Waals surface area contributed by atoms with E-state index in [-0.39, 0.29) is 24.0 Å². The van der Waals surface area contributed by atoms with Crippen molar-refractivity contribution in [2.75, 3.05) is 19.8 Å². The first-order valence-corrected chi connectivity index (χ1v) is 9.76. The summed E-state index contributed by atoms with van der Waals surface area (Å²) in [5, 5.41) is 10.9. The minimum absolute atomic E-state index is 0.0205. The average molecular weight is 397 g/mol. The van der Waals surface area contributed by atoms with Crippen LogP contribution in [0.3, 0.4) is 0 Å². The van der Waals surface area contributed by atoms with Gasteiger partial charge in [-0.1, -0.05) is 0 Å². The van der Waals surface area contributed by atoms with Crippen LogP contribution in [-0.2, 0) is 14.3 Å². The van der Waals surface area contributed by atoms with Crippen LogP contribution in [0.4, 0.5) is 0 Å². The van der Waals surface area contributed by atoms with E-state index < -0.39 is 17.7 Å². The van der Waals surface area contributed by atoms with Crippen LogP contribution < -0.4 is 4.74 Å². The summed E-state index contributed by atoms with van der Waals surface area (Å²) in [6, 6.07) is 9.34. The first-order chi connectivity index (χ1) is 14.1. The zero-order valence-electron chi connectivity index (χ0n) is 16.2. The van der Waals surface area contributed by atoms with Gasteiger partial charge < -0.3 is 23.9 Å². The lowest BCUT2D eigenvalue weighted by Crippen LogP contribution is -2.36. The van der Waals surface area contributed by atoms with Gasteiger partial charge in [-0.2, -0.15) is 0 Å². The molecule has 0 saturated carbocycles. The van der Waals surface area contributed by atoms with E-state index in [2.05, 4.69) is 0 Å². The number of aliphatic hydroxyl groups is 1. The van der Waals surface area contributed by atoms with Crippen LogP contribution in [0, 0.1) is 0 Å². The first-order valence-electron chi connectivity index (χ1n) is 9.76. The highest BCUT2D eigenvalue weighted by molar-refractivity contribution is 6.46. The maximum absolute atomic E-state index is 12.9. The fourth-order valence-electron chi connectivity index (χ4n) is 3.85. The van der Waals surface area contributed by atoms with Crippen molar-refractivity contribution in [1.29, 1.82) is 0 Å². The zero-order chi connectivity index (χ0) is 20.4. The molecule has 29 heavy (non-hydrogen) atoms. The highest BCUT2D eigenvalue weighted by atomic mass is 16.5. The number of ketones is 1. The van der Waals surface area contributed by atoms with Crippen molar-refractivity contribution in [1.82, 2.24) is 4.90 Å². The molecular formula is C22H23NO6. The van der Waals surface area contributed by atoms with Gasteiger partial charge in [-0.05, 0) is 56.2 Å². The second-order valence-electron chi connectivity index (χ2n) is 7.06. The summed E-state index contributed by atoms with van der Waals surface area (Å²) in [4.78, 5) is 27.1. The SMILES string of the molecule is CCOc1ccc(C(O)=C2C(=O)C(=O)N(C[C@H]3CCCO3)[C@@H]2c2ccco2)cc1. The van der Waals surface area contributed by atoms with E-state index in [1.54, 1.807) is 36.4 Å². The summed E-state index contributed by atoms with van der Waals surface area (Å²) in [7, 11) is 0. The molecule has 0 aliphatic carbocycles. The van der Waals surface area contributed by atoms with Gasteiger partial charge in [-0.25, -0.2) is 0 Å². The zero-order valence-corrected chi connectivity index (χ0v) is 16.2. The average Bonchev–Trinajstić information content (AvgIpc) is 3.47. The lowest BCUT2D eigenvalue weighted by Gasteiger charge is -2.25. The summed E-state index contributed by atoms with van der Waals surface area (Å²) in [5.74, 6) is -0.534. The van der Waals surface area contributed by atoms with E-state index in [9.17, 15) is 14.7 Å². The number of carbonyl (C=O) groups excluding carboxylic acids is 2. The first kappa shape index (κ1) is 19.3. The molecule has 0 radical (unpaired) electrons. The Hall–Kier alpha value is -3.06. The van der Waals surface area contributed by atoms with Crippen molar-refractivity contribution in [3.63, 3.8) is 0 Å². The monoisotopic (exact) mass is 397 g/mol. The molecule has 1 N–H and O–H groups in total. The quantitative estimate of drug-likeness (QED) is 0.457. The predicted molar refractivity (Wildman–Crippen MR) is 104 cm³/mol. The molecule has 2 aliphatic heterocycles. The van der Waals surface area contributed by atoms with Gasteiger partial charge in [-0.15, -0.1) is 0 Å². The van der Waals surface area contributed by atoms with Crippen molar-refractivity contribution in [2.45, 2.75) is 31.9 Å². The Morgan fingerprint density at radius 2 is 2.03 bits per heavy atom. The van der Waals surface area contributed by atoms with E-state index in [0.717, 1.165) is 12.8 Å². The van der Waals surface area contributed by atoms with Crippen LogP contribution in [0.15, 0.2) is 52.7 Å². The molecule has 3 heterocycles. The van der Waals surface area contributed by atoms with Gasteiger partial charge in [0.1, 0.15) is 23.3 Å². The van der Waals surface area contributed by atoms with E-state index in [4.69, 9.17) is 13.9 Å². The molecule has 7 heteroatoms. The molecule has 2 atom stereocenters. The minimum atomic E-state index is -0.791. The Morgan fingerprint density at radius 3 is 2.66 bits per heavy atom. The lowest BCUT2D eigenvalue weighted by atomic mass is 9.99. The molecular weight excluding hydrogens is 374 g/mol.